The van der Waals surface area contributed by atoms with Crippen molar-refractivity contribution >= 4 is 30.7 Å². The van der Waals surface area contributed by atoms with Gasteiger partial charge in [0.25, 0.3) is 0 Å². The van der Waals surface area contributed by atoms with Crippen molar-refractivity contribution in [1.29, 1.82) is 0 Å². The summed E-state index contributed by atoms with van der Waals surface area (Å²) in [7, 11) is -5.24. The summed E-state index contributed by atoms with van der Waals surface area (Å²) in [5.74, 6) is 0. The molecule has 0 amide bonds. The van der Waals surface area contributed by atoms with E-state index >= 15 is 0 Å². The van der Waals surface area contributed by atoms with Gasteiger partial charge in [0.05, 0.1) is 0 Å². The Morgan fingerprint density at radius 1 is 0.556 bits per heavy atom. The number of hydrogen-bond acceptors (Lipinski definition) is 6. The van der Waals surface area contributed by atoms with E-state index in [0.717, 1.165) is 0 Å². The van der Waals surface area contributed by atoms with Crippen LogP contribution < -0.4 is 0 Å². The van der Waals surface area contributed by atoms with E-state index in [1.165, 1.54) is 0 Å². The van der Waals surface area contributed by atoms with Crippen LogP contribution in [0.5, 0.6) is 0 Å². The molecular weight excluding hydrogens is 190 g/mol. The standard InChI is InChI=1S/2H3O3P.H2S/c2*1-4(2)3;/h2*1-3H;1H2. The predicted octanol–water partition coefficient (Wildman–Crippen LogP) is -1.51. The second kappa shape index (κ2) is 11.7. The molecule has 0 aromatic carbocycles. The molecule has 9 heavy (non-hydrogen) atoms. The van der Waals surface area contributed by atoms with Crippen molar-refractivity contribution in [2.24, 2.45) is 0 Å². The minimum Gasteiger partial charge on any atom is -0.328 e. The van der Waals surface area contributed by atoms with Crippen molar-refractivity contribution in [3.63, 3.8) is 0 Å². The van der Waals surface area contributed by atoms with E-state index in [1.54, 1.807) is 0 Å². The molecule has 0 atom stereocenters. The Morgan fingerprint density at radius 2 is 0.556 bits per heavy atom. The average Bonchev–Trinajstić information content (AvgIpc) is 1.25. The van der Waals surface area contributed by atoms with E-state index in [2.05, 4.69) is 0 Å². The molecule has 0 radical (unpaired) electrons. The summed E-state index contributed by atoms with van der Waals surface area (Å²) >= 11 is 0. The Kier molecular flexibility index (Phi) is 21.5. The van der Waals surface area contributed by atoms with Gasteiger partial charge in [0, 0.05) is 0 Å². The second-order valence-electron chi connectivity index (χ2n) is 0.537. The molecule has 0 spiro atoms. The van der Waals surface area contributed by atoms with E-state index in [9.17, 15) is 0 Å². The monoisotopic (exact) mass is 198 g/mol. The first-order valence-corrected chi connectivity index (χ1v) is 3.60. The summed E-state index contributed by atoms with van der Waals surface area (Å²) in [5, 5.41) is 0. The van der Waals surface area contributed by atoms with Crippen LogP contribution in [-0.2, 0) is 0 Å². The maximum atomic E-state index is 7.23. The topological polar surface area (TPSA) is 121 Å². The van der Waals surface area contributed by atoms with Crippen LogP contribution in [-0.4, -0.2) is 29.4 Å². The van der Waals surface area contributed by atoms with Crippen LogP contribution in [0.2, 0.25) is 0 Å². The van der Waals surface area contributed by atoms with Gasteiger partial charge < -0.3 is 29.4 Å². The Bertz CT molecular complexity index is 26.5. The van der Waals surface area contributed by atoms with Crippen molar-refractivity contribution in [3.8, 4) is 0 Å². The minimum atomic E-state index is -2.62. The second-order valence-corrected chi connectivity index (χ2v) is 1.61. The van der Waals surface area contributed by atoms with Crippen LogP contribution in [0.3, 0.4) is 0 Å². The van der Waals surface area contributed by atoms with Gasteiger partial charge in [-0.05, 0) is 0 Å². The van der Waals surface area contributed by atoms with Crippen molar-refractivity contribution < 1.29 is 29.4 Å². The minimum absolute atomic E-state index is 0. The lowest BCUT2D eigenvalue weighted by atomic mass is 15.8. The van der Waals surface area contributed by atoms with E-state index in [0.29, 0.717) is 0 Å². The van der Waals surface area contributed by atoms with Crippen LogP contribution >= 0.6 is 30.7 Å². The van der Waals surface area contributed by atoms with Crippen LogP contribution in [0.25, 0.3) is 0 Å². The first kappa shape index (κ1) is 16.5. The highest BCUT2D eigenvalue weighted by Gasteiger charge is 1.76. The van der Waals surface area contributed by atoms with Gasteiger partial charge in [-0.3, -0.25) is 0 Å². The van der Waals surface area contributed by atoms with Gasteiger partial charge in [-0.2, -0.15) is 13.5 Å². The molecule has 6 N–H and O–H groups in total. The van der Waals surface area contributed by atoms with Gasteiger partial charge in [0.2, 0.25) is 0 Å². The molecule has 0 aromatic rings. The van der Waals surface area contributed by atoms with Gasteiger partial charge in [-0.15, -0.1) is 0 Å². The molecule has 0 rings (SSSR count). The molecule has 0 aliphatic carbocycles. The van der Waals surface area contributed by atoms with Crippen molar-refractivity contribution in [1.82, 2.24) is 0 Å². The van der Waals surface area contributed by atoms with Gasteiger partial charge in [0.1, 0.15) is 0 Å². The van der Waals surface area contributed by atoms with Gasteiger partial charge >= 0.3 is 17.2 Å². The molecule has 9 heteroatoms. The fourth-order valence-electron chi connectivity index (χ4n) is 0. The molecule has 0 aromatic heterocycles. The fraction of sp³-hybridized carbons (Fsp3) is 0. The molecule has 0 saturated heterocycles. The average molecular weight is 198 g/mol. The highest BCUT2D eigenvalue weighted by molar-refractivity contribution is 7.59. The molecule has 60 valence electrons. The predicted molar refractivity (Wildman–Crippen MR) is 37.5 cm³/mol. The quantitative estimate of drug-likeness (QED) is 0.263. The van der Waals surface area contributed by atoms with E-state index in [1.807, 2.05) is 0 Å². The molecular formula is H8O6P2S. The maximum Gasteiger partial charge on any atom is 0.324 e. The third kappa shape index (κ3) is 463. The largest absolute Gasteiger partial charge is 0.328 e. The molecule has 0 fully saturated rings. The van der Waals surface area contributed by atoms with E-state index in [-0.39, 0.29) is 13.5 Å². The van der Waals surface area contributed by atoms with E-state index in [4.69, 9.17) is 29.4 Å². The Labute approximate surface area is 60.9 Å². The zero-order valence-electron chi connectivity index (χ0n) is 4.08. The third-order valence-electron chi connectivity index (χ3n) is 0. The highest BCUT2D eigenvalue weighted by Crippen LogP contribution is 2.12. The normalized spacial score (nSPS) is 8.00. The van der Waals surface area contributed by atoms with Gasteiger partial charge in [0.15, 0.2) is 0 Å². The van der Waals surface area contributed by atoms with E-state index < -0.39 is 17.2 Å². The highest BCUT2D eigenvalue weighted by atomic mass is 32.1. The van der Waals surface area contributed by atoms with Crippen molar-refractivity contribution in [2.75, 3.05) is 0 Å². The fourth-order valence-corrected chi connectivity index (χ4v) is 0. The summed E-state index contributed by atoms with van der Waals surface area (Å²) < 4.78 is 0. The van der Waals surface area contributed by atoms with Gasteiger partial charge in [-0.25, -0.2) is 0 Å². The molecule has 0 unspecified atom stereocenters. The van der Waals surface area contributed by atoms with Crippen LogP contribution in [0.1, 0.15) is 0 Å². The first-order valence-electron chi connectivity index (χ1n) is 1.20. The maximum absolute atomic E-state index is 7.23. The summed E-state index contributed by atoms with van der Waals surface area (Å²) in [6, 6.07) is 0. The Balaban J connectivity index is -0.0000000720. The molecule has 0 bridgehead atoms. The SMILES string of the molecule is OP(O)O.OP(O)O.S. The van der Waals surface area contributed by atoms with Crippen molar-refractivity contribution in [2.45, 2.75) is 0 Å². The summed E-state index contributed by atoms with van der Waals surface area (Å²) in [5.41, 5.74) is 0. The molecule has 0 saturated carbocycles. The summed E-state index contributed by atoms with van der Waals surface area (Å²) in [6.07, 6.45) is 0. The lowest BCUT2D eigenvalue weighted by Gasteiger charge is -1.76. The third-order valence-corrected chi connectivity index (χ3v) is 0. The number of rotatable bonds is 0. The number of hydrogen-bond donors (Lipinski definition) is 6. The van der Waals surface area contributed by atoms with Crippen LogP contribution in [0.4, 0.5) is 0 Å². The van der Waals surface area contributed by atoms with Gasteiger partial charge in [-0.1, -0.05) is 0 Å². The van der Waals surface area contributed by atoms with Crippen LogP contribution in [0, 0.1) is 0 Å². The summed E-state index contributed by atoms with van der Waals surface area (Å²) in [6.45, 7) is 0. The smallest absolute Gasteiger partial charge is 0.324 e. The Hall–Kier alpha value is 0.970. The van der Waals surface area contributed by atoms with Crippen LogP contribution in [0.15, 0.2) is 0 Å². The first-order chi connectivity index (χ1) is 3.46. The molecule has 0 aliphatic rings. The zero-order chi connectivity index (χ0) is 7.15. The molecule has 0 aliphatic heterocycles. The zero-order valence-corrected chi connectivity index (χ0v) is 6.87. The lowest BCUT2D eigenvalue weighted by molar-refractivity contribution is 0.366. The molecule has 0 heterocycles. The molecule has 6 nitrogen and oxygen atoms in total. The lowest BCUT2D eigenvalue weighted by Crippen LogP contribution is -1.54. The summed E-state index contributed by atoms with van der Waals surface area (Å²) in [4.78, 5) is 43.4. The Morgan fingerprint density at radius 3 is 0.556 bits per heavy atom. The van der Waals surface area contributed by atoms with Crippen molar-refractivity contribution in [3.05, 3.63) is 0 Å².